The van der Waals surface area contributed by atoms with Crippen molar-refractivity contribution in [1.82, 2.24) is 5.32 Å². The lowest BCUT2D eigenvalue weighted by molar-refractivity contribution is -0.119. The zero-order valence-electron chi connectivity index (χ0n) is 15.5. The molecule has 140 valence electrons. The second-order valence-electron chi connectivity index (χ2n) is 6.65. The Morgan fingerprint density at radius 3 is 2.63 bits per heavy atom. The highest BCUT2D eigenvalue weighted by atomic mass is 16.3. The molecule has 1 aliphatic rings. The minimum atomic E-state index is -0.300. The van der Waals surface area contributed by atoms with Gasteiger partial charge in [0.05, 0.1) is 12.3 Å². The van der Waals surface area contributed by atoms with Gasteiger partial charge in [0.1, 0.15) is 5.71 Å². The smallest absolute Gasteiger partial charge is 0.267 e. The Kier molecular flexibility index (Phi) is 5.66. The third kappa shape index (κ3) is 4.23. The molecule has 6 nitrogen and oxygen atoms in total. The number of nitrogens with one attached hydrogen (secondary N) is 1. The van der Waals surface area contributed by atoms with E-state index in [0.717, 1.165) is 22.3 Å². The van der Waals surface area contributed by atoms with E-state index in [1.807, 2.05) is 56.3 Å². The molecule has 0 aromatic heterocycles. The van der Waals surface area contributed by atoms with E-state index in [1.165, 1.54) is 5.01 Å². The van der Waals surface area contributed by atoms with Gasteiger partial charge in [0, 0.05) is 19.4 Å². The Hall–Kier alpha value is -2.99. The lowest BCUT2D eigenvalue weighted by Crippen LogP contribution is -2.39. The largest absolute Gasteiger partial charge is 0.392 e. The Morgan fingerprint density at radius 1 is 1.15 bits per heavy atom. The van der Waals surface area contributed by atoms with Crippen molar-refractivity contribution in [2.75, 3.05) is 5.01 Å². The van der Waals surface area contributed by atoms with E-state index in [0.29, 0.717) is 24.4 Å². The average Bonchev–Trinajstić information content (AvgIpc) is 2.68. The lowest BCUT2D eigenvalue weighted by Gasteiger charge is -2.25. The third-order valence-electron chi connectivity index (χ3n) is 4.62. The van der Waals surface area contributed by atoms with Gasteiger partial charge in [-0.2, -0.15) is 5.10 Å². The van der Waals surface area contributed by atoms with Crippen LogP contribution in [-0.4, -0.2) is 22.6 Å². The highest BCUT2D eigenvalue weighted by molar-refractivity contribution is 6.40. The molecule has 0 aliphatic carbocycles. The molecule has 1 heterocycles. The standard InChI is InChI=1S/C21H23N3O3/c1-14-7-8-15(2)19(11-14)24-20(26)10-9-18(23-24)21(27)22-12-16-5-3-4-6-17(16)13-25/h3-8,11,25H,9-10,12-13H2,1-2H3,(H,22,27). The number of amides is 2. The van der Waals surface area contributed by atoms with E-state index in [1.54, 1.807) is 0 Å². The summed E-state index contributed by atoms with van der Waals surface area (Å²) in [6.07, 6.45) is 0.556. The number of hydrazone groups is 1. The summed E-state index contributed by atoms with van der Waals surface area (Å²) < 4.78 is 0. The summed E-state index contributed by atoms with van der Waals surface area (Å²) in [4.78, 5) is 24.9. The number of rotatable bonds is 5. The Balaban J connectivity index is 1.78. The highest BCUT2D eigenvalue weighted by Crippen LogP contribution is 2.25. The van der Waals surface area contributed by atoms with E-state index in [9.17, 15) is 14.7 Å². The van der Waals surface area contributed by atoms with Gasteiger partial charge in [0.15, 0.2) is 0 Å². The molecule has 6 heteroatoms. The molecular weight excluding hydrogens is 342 g/mol. The summed E-state index contributed by atoms with van der Waals surface area (Å²) in [6, 6.07) is 13.2. The normalized spacial score (nSPS) is 14.1. The van der Waals surface area contributed by atoms with Gasteiger partial charge in [-0.05, 0) is 42.2 Å². The summed E-state index contributed by atoms with van der Waals surface area (Å²) in [6.45, 7) is 4.08. The van der Waals surface area contributed by atoms with Gasteiger partial charge in [-0.25, -0.2) is 5.01 Å². The topological polar surface area (TPSA) is 82.0 Å². The van der Waals surface area contributed by atoms with Crippen LogP contribution in [0, 0.1) is 13.8 Å². The summed E-state index contributed by atoms with van der Waals surface area (Å²) in [7, 11) is 0. The van der Waals surface area contributed by atoms with Crippen molar-refractivity contribution in [2.45, 2.75) is 39.8 Å². The maximum Gasteiger partial charge on any atom is 0.267 e. The molecule has 2 N–H and O–H groups in total. The van der Waals surface area contributed by atoms with E-state index in [-0.39, 0.29) is 24.8 Å². The van der Waals surface area contributed by atoms with E-state index >= 15 is 0 Å². The fourth-order valence-electron chi connectivity index (χ4n) is 3.01. The Bertz CT molecular complexity index is 905. The second-order valence-corrected chi connectivity index (χ2v) is 6.65. The Morgan fingerprint density at radius 2 is 1.89 bits per heavy atom. The number of aryl methyl sites for hydroxylation is 2. The van der Waals surface area contributed by atoms with Gasteiger partial charge in [-0.1, -0.05) is 36.4 Å². The van der Waals surface area contributed by atoms with Crippen LogP contribution in [0.25, 0.3) is 0 Å². The van der Waals surface area contributed by atoms with Crippen molar-refractivity contribution in [1.29, 1.82) is 0 Å². The van der Waals surface area contributed by atoms with Crippen LogP contribution in [0.15, 0.2) is 47.6 Å². The minimum Gasteiger partial charge on any atom is -0.392 e. The van der Waals surface area contributed by atoms with Crippen LogP contribution in [-0.2, 0) is 22.7 Å². The first-order valence-electron chi connectivity index (χ1n) is 8.93. The molecule has 1 aliphatic heterocycles. The molecular formula is C21H23N3O3. The molecule has 0 unspecified atom stereocenters. The molecule has 0 atom stereocenters. The van der Waals surface area contributed by atoms with Crippen molar-refractivity contribution in [3.8, 4) is 0 Å². The highest BCUT2D eigenvalue weighted by Gasteiger charge is 2.26. The lowest BCUT2D eigenvalue weighted by atomic mass is 10.1. The molecule has 2 aromatic carbocycles. The van der Waals surface area contributed by atoms with Gasteiger partial charge in [-0.15, -0.1) is 0 Å². The first-order valence-corrected chi connectivity index (χ1v) is 8.93. The molecule has 27 heavy (non-hydrogen) atoms. The maximum atomic E-state index is 12.6. The monoisotopic (exact) mass is 365 g/mol. The molecule has 0 radical (unpaired) electrons. The van der Waals surface area contributed by atoms with Gasteiger partial charge in [0.25, 0.3) is 5.91 Å². The van der Waals surface area contributed by atoms with Gasteiger partial charge in [-0.3, -0.25) is 9.59 Å². The number of aliphatic hydroxyl groups excluding tert-OH is 1. The quantitative estimate of drug-likeness (QED) is 0.854. The van der Waals surface area contributed by atoms with Crippen LogP contribution in [0.2, 0.25) is 0 Å². The van der Waals surface area contributed by atoms with E-state index in [4.69, 9.17) is 0 Å². The van der Waals surface area contributed by atoms with E-state index < -0.39 is 0 Å². The summed E-state index contributed by atoms with van der Waals surface area (Å²) in [5.41, 5.74) is 4.61. The predicted molar refractivity (Wildman–Crippen MR) is 104 cm³/mol. The number of nitrogens with zero attached hydrogens (tertiary/aromatic N) is 2. The molecule has 0 saturated heterocycles. The van der Waals surface area contributed by atoms with Gasteiger partial charge < -0.3 is 10.4 Å². The van der Waals surface area contributed by atoms with Crippen molar-refractivity contribution in [3.05, 3.63) is 64.7 Å². The van der Waals surface area contributed by atoms with Crippen LogP contribution < -0.4 is 10.3 Å². The van der Waals surface area contributed by atoms with Crippen molar-refractivity contribution >= 4 is 23.2 Å². The minimum absolute atomic E-state index is 0.0814. The zero-order chi connectivity index (χ0) is 19.4. The predicted octanol–water partition coefficient (Wildman–Crippen LogP) is 2.59. The maximum absolute atomic E-state index is 12.6. The molecule has 0 spiro atoms. The third-order valence-corrected chi connectivity index (χ3v) is 4.62. The van der Waals surface area contributed by atoms with Crippen LogP contribution in [0.1, 0.15) is 35.1 Å². The molecule has 3 rings (SSSR count). The first-order chi connectivity index (χ1) is 13.0. The Labute approximate surface area is 158 Å². The van der Waals surface area contributed by atoms with Crippen LogP contribution in [0.3, 0.4) is 0 Å². The number of carbonyl (C=O) groups excluding carboxylic acids is 2. The van der Waals surface area contributed by atoms with Crippen LogP contribution >= 0.6 is 0 Å². The van der Waals surface area contributed by atoms with Gasteiger partial charge in [0.2, 0.25) is 5.91 Å². The molecule has 2 amide bonds. The number of benzene rings is 2. The van der Waals surface area contributed by atoms with Crippen LogP contribution in [0.4, 0.5) is 5.69 Å². The second kappa shape index (κ2) is 8.14. The number of hydrogen-bond acceptors (Lipinski definition) is 4. The molecule has 0 bridgehead atoms. The molecule has 0 saturated carbocycles. The van der Waals surface area contributed by atoms with Crippen molar-refractivity contribution < 1.29 is 14.7 Å². The van der Waals surface area contributed by atoms with Crippen LogP contribution in [0.5, 0.6) is 0 Å². The first kappa shape index (κ1) is 18.8. The summed E-state index contributed by atoms with van der Waals surface area (Å²) in [5, 5.41) is 17.9. The molecule has 0 fully saturated rings. The van der Waals surface area contributed by atoms with Gasteiger partial charge >= 0.3 is 0 Å². The van der Waals surface area contributed by atoms with E-state index in [2.05, 4.69) is 10.4 Å². The fourth-order valence-corrected chi connectivity index (χ4v) is 3.01. The summed E-state index contributed by atoms with van der Waals surface area (Å²) in [5.74, 6) is -0.420. The SMILES string of the molecule is Cc1ccc(C)c(N2N=C(C(=O)NCc3ccccc3CO)CCC2=O)c1. The molecule has 2 aromatic rings. The zero-order valence-corrected chi connectivity index (χ0v) is 15.5. The fraction of sp³-hybridized carbons (Fsp3) is 0.286. The number of hydrogen-bond donors (Lipinski definition) is 2. The number of aliphatic hydroxyl groups is 1. The van der Waals surface area contributed by atoms with Crippen molar-refractivity contribution in [3.63, 3.8) is 0 Å². The average molecular weight is 365 g/mol. The summed E-state index contributed by atoms with van der Waals surface area (Å²) >= 11 is 0. The van der Waals surface area contributed by atoms with Crippen molar-refractivity contribution in [2.24, 2.45) is 5.10 Å². The number of carbonyl (C=O) groups is 2. The number of anilines is 1.